The van der Waals surface area contributed by atoms with Crippen molar-refractivity contribution in [2.24, 2.45) is 0 Å². The molecule has 0 atom stereocenters. The van der Waals surface area contributed by atoms with Gasteiger partial charge < -0.3 is 4.57 Å². The van der Waals surface area contributed by atoms with Crippen molar-refractivity contribution < 1.29 is 21.1 Å². The van der Waals surface area contributed by atoms with E-state index in [1.807, 2.05) is 24.8 Å². The molecule has 0 bridgehead atoms. The predicted molar refractivity (Wildman–Crippen MR) is 186 cm³/mol. The molecular formula is C41H44N4Pt. The average molecular weight is 788 g/mol. The predicted octanol–water partition coefficient (Wildman–Crippen LogP) is 9.81. The first-order valence-electron chi connectivity index (χ1n) is 15.9. The van der Waals surface area contributed by atoms with Crippen molar-refractivity contribution in [3.05, 3.63) is 131 Å². The van der Waals surface area contributed by atoms with Crippen molar-refractivity contribution >= 4 is 21.8 Å². The number of nitrogens with zero attached hydrogens (tertiary/aromatic N) is 4. The Morgan fingerprint density at radius 2 is 0.935 bits per heavy atom. The van der Waals surface area contributed by atoms with Crippen LogP contribution in [0.3, 0.4) is 0 Å². The summed E-state index contributed by atoms with van der Waals surface area (Å²) in [6.07, 6.45) is 7.57. The second kappa shape index (κ2) is 11.9. The van der Waals surface area contributed by atoms with Crippen LogP contribution in [0.2, 0.25) is 0 Å². The molecule has 0 amide bonds. The van der Waals surface area contributed by atoms with Crippen molar-refractivity contribution in [3.63, 3.8) is 0 Å². The first-order valence-corrected chi connectivity index (χ1v) is 15.9. The van der Waals surface area contributed by atoms with E-state index in [1.54, 1.807) is 0 Å². The molecular weight excluding hydrogens is 744 g/mol. The van der Waals surface area contributed by atoms with Crippen molar-refractivity contribution in [2.45, 2.75) is 90.9 Å². The topological polar surface area (TPSA) is 43.6 Å². The third kappa shape index (κ3) is 5.97. The van der Waals surface area contributed by atoms with E-state index < -0.39 is 0 Å². The number of pyridine rings is 3. The number of aromatic nitrogens is 4. The largest absolute Gasteiger partial charge is 2.00 e. The molecule has 238 valence electrons. The molecule has 0 saturated heterocycles. The Morgan fingerprint density at radius 3 is 1.33 bits per heavy atom. The van der Waals surface area contributed by atoms with Gasteiger partial charge in [0.15, 0.2) is 0 Å². The normalized spacial score (nSPS) is 12.8. The molecule has 4 heterocycles. The molecule has 2 aromatic carbocycles. The molecule has 0 aliphatic rings. The van der Waals surface area contributed by atoms with Gasteiger partial charge >= 0.3 is 21.1 Å². The Hall–Kier alpha value is -3.62. The molecule has 0 aliphatic carbocycles. The van der Waals surface area contributed by atoms with Crippen molar-refractivity contribution in [1.29, 1.82) is 0 Å². The molecule has 4 aromatic heterocycles. The van der Waals surface area contributed by atoms with Crippen molar-refractivity contribution in [2.75, 3.05) is 0 Å². The Labute approximate surface area is 289 Å². The first-order chi connectivity index (χ1) is 21.1. The molecule has 0 spiro atoms. The molecule has 0 N–H and O–H groups in total. The van der Waals surface area contributed by atoms with Crippen LogP contribution < -0.4 is 0 Å². The maximum absolute atomic E-state index is 4.85. The summed E-state index contributed by atoms with van der Waals surface area (Å²) in [5, 5.41) is 2.10. The van der Waals surface area contributed by atoms with Gasteiger partial charge in [-0.1, -0.05) is 80.3 Å². The van der Waals surface area contributed by atoms with Gasteiger partial charge in [0.1, 0.15) is 0 Å². The summed E-state index contributed by atoms with van der Waals surface area (Å²) in [5.41, 5.74) is 9.45. The number of rotatable bonds is 5. The Kier molecular flexibility index (Phi) is 8.71. The van der Waals surface area contributed by atoms with Gasteiger partial charge in [0.2, 0.25) is 0 Å². The van der Waals surface area contributed by atoms with E-state index in [0.717, 1.165) is 50.0 Å². The third-order valence-corrected chi connectivity index (χ3v) is 9.38. The van der Waals surface area contributed by atoms with Gasteiger partial charge in [-0.25, -0.2) is 10.8 Å². The van der Waals surface area contributed by atoms with Crippen LogP contribution in [0.15, 0.2) is 85.5 Å². The van der Waals surface area contributed by atoms with Gasteiger partial charge in [0.05, 0.1) is 0 Å². The quantitative estimate of drug-likeness (QED) is 0.164. The zero-order chi connectivity index (χ0) is 32.4. The van der Waals surface area contributed by atoms with Crippen LogP contribution in [-0.4, -0.2) is 19.5 Å². The van der Waals surface area contributed by atoms with E-state index in [9.17, 15) is 0 Å². The van der Waals surface area contributed by atoms with Crippen molar-refractivity contribution in [1.82, 2.24) is 19.5 Å². The van der Waals surface area contributed by atoms with E-state index in [1.165, 1.54) is 11.1 Å². The van der Waals surface area contributed by atoms with Crippen LogP contribution in [0.4, 0.5) is 0 Å². The van der Waals surface area contributed by atoms with Crippen LogP contribution in [0, 0.1) is 12.1 Å². The zero-order valence-electron chi connectivity index (χ0n) is 28.7. The van der Waals surface area contributed by atoms with E-state index in [2.05, 4.69) is 152 Å². The Morgan fingerprint density at radius 1 is 0.522 bits per heavy atom. The van der Waals surface area contributed by atoms with Crippen LogP contribution in [-0.2, 0) is 42.7 Å². The standard InChI is InChI=1S/C41H44N4.Pt/c1-38(2,3)27-15-21-43-36(25-27)40(7,8)29-11-13-34-32(23-29)33-24-30(12-14-35(33)45(34)31-17-19-42-20-18-31)41(9,10)37-26-28(16-22-44-37)39(4,5)6;/h11-22,25-26H,1-10H3;/q-2;+2. The fourth-order valence-corrected chi connectivity index (χ4v) is 6.11. The van der Waals surface area contributed by atoms with Crippen LogP contribution in [0.25, 0.3) is 27.5 Å². The molecule has 0 saturated carbocycles. The smallest absolute Gasteiger partial charge is 0.409 e. The van der Waals surface area contributed by atoms with E-state index >= 15 is 0 Å². The summed E-state index contributed by atoms with van der Waals surface area (Å²) < 4.78 is 2.30. The Bertz CT molecular complexity index is 1900. The molecule has 0 radical (unpaired) electrons. The Balaban J connectivity index is 0.00000417. The average Bonchev–Trinajstić information content (AvgIpc) is 3.34. The van der Waals surface area contributed by atoms with Crippen LogP contribution in [0.5, 0.6) is 0 Å². The summed E-state index contributed by atoms with van der Waals surface area (Å²) in [4.78, 5) is 14.0. The summed E-state index contributed by atoms with van der Waals surface area (Å²) in [5.74, 6) is 0. The van der Waals surface area contributed by atoms with Gasteiger partial charge in [-0.2, -0.15) is 12.1 Å². The monoisotopic (exact) mass is 787 g/mol. The first kappa shape index (κ1) is 33.7. The van der Waals surface area contributed by atoms with E-state index in [-0.39, 0.29) is 42.7 Å². The maximum atomic E-state index is 4.85. The SMILES string of the molecule is CC(C)(C)c1ccnc(C(C)(C)c2[c-]c3c4[c-]c(C(C)(C)c5cc(C(C)(C)C)ccn5)ccc4n(-c4ccncc4)c3cc2)c1.[Pt+2]. The van der Waals surface area contributed by atoms with Crippen LogP contribution >= 0.6 is 0 Å². The summed E-state index contributed by atoms with van der Waals surface area (Å²) in [6.45, 7) is 22.4. The van der Waals surface area contributed by atoms with Gasteiger partial charge in [-0.3, -0.25) is 15.0 Å². The van der Waals surface area contributed by atoms with Crippen molar-refractivity contribution in [3.8, 4) is 5.69 Å². The van der Waals surface area contributed by atoms with Gasteiger partial charge in [-0.05, 0) is 58.4 Å². The molecule has 46 heavy (non-hydrogen) atoms. The second-order valence-electron chi connectivity index (χ2n) is 15.4. The van der Waals surface area contributed by atoms with E-state index in [0.29, 0.717) is 0 Å². The molecule has 4 nitrogen and oxygen atoms in total. The molecule has 0 fully saturated rings. The number of benzene rings is 2. The summed E-state index contributed by atoms with van der Waals surface area (Å²) >= 11 is 0. The molecule has 6 rings (SSSR count). The zero-order valence-corrected chi connectivity index (χ0v) is 31.0. The van der Waals surface area contributed by atoms with Gasteiger partial charge in [0.25, 0.3) is 0 Å². The summed E-state index contributed by atoms with van der Waals surface area (Å²) in [6, 6.07) is 29.5. The third-order valence-electron chi connectivity index (χ3n) is 9.38. The minimum atomic E-state index is -0.352. The summed E-state index contributed by atoms with van der Waals surface area (Å²) in [7, 11) is 0. The fraction of sp³-hybridized carbons (Fsp3) is 0.341. The number of hydrogen-bond acceptors (Lipinski definition) is 3. The number of hydrogen-bond donors (Lipinski definition) is 0. The molecule has 0 unspecified atom stereocenters. The maximum Gasteiger partial charge on any atom is 2.00 e. The number of fused-ring (bicyclic) bond motifs is 3. The van der Waals surface area contributed by atoms with E-state index in [4.69, 9.17) is 9.97 Å². The van der Waals surface area contributed by atoms with Gasteiger partial charge in [-0.15, -0.1) is 35.4 Å². The molecule has 6 aromatic rings. The van der Waals surface area contributed by atoms with Crippen LogP contribution in [0.1, 0.15) is 103 Å². The minimum absolute atomic E-state index is 0. The molecule has 0 aliphatic heterocycles. The minimum Gasteiger partial charge on any atom is -0.409 e. The fourth-order valence-electron chi connectivity index (χ4n) is 6.11. The second-order valence-corrected chi connectivity index (χ2v) is 15.4. The molecule has 5 heteroatoms. The van der Waals surface area contributed by atoms with Gasteiger partial charge in [0, 0.05) is 52.7 Å².